The third-order valence-corrected chi connectivity index (χ3v) is 2.92. The number of halogens is 2. The van der Waals surface area contributed by atoms with Crippen molar-refractivity contribution in [3.63, 3.8) is 0 Å². The van der Waals surface area contributed by atoms with Crippen LogP contribution in [0.5, 0.6) is 0 Å². The van der Waals surface area contributed by atoms with Crippen LogP contribution in [0.1, 0.15) is 43.4 Å². The second-order valence-electron chi connectivity index (χ2n) is 4.33. The van der Waals surface area contributed by atoms with Crippen LogP contribution in [-0.2, 0) is 0 Å². The summed E-state index contributed by atoms with van der Waals surface area (Å²) in [6.45, 7) is 3.52. The Morgan fingerprint density at radius 1 is 1.35 bits per heavy atom. The van der Waals surface area contributed by atoms with Gasteiger partial charge >= 0.3 is 0 Å². The lowest BCUT2D eigenvalue weighted by atomic mass is 9.96. The fraction of sp³-hybridized carbons (Fsp3) is 0.538. The Hall–Kier alpha value is -1.00. The van der Waals surface area contributed by atoms with Crippen LogP contribution in [0.3, 0.4) is 0 Å². The van der Waals surface area contributed by atoms with Gasteiger partial charge in [-0.15, -0.1) is 0 Å². The molecule has 4 heteroatoms. The monoisotopic (exact) mass is 243 g/mol. The predicted octanol–water partition coefficient (Wildman–Crippen LogP) is 2.82. The molecule has 1 aromatic rings. The van der Waals surface area contributed by atoms with Gasteiger partial charge in [0.25, 0.3) is 0 Å². The maximum atomic E-state index is 13.8. The van der Waals surface area contributed by atoms with E-state index in [1.165, 1.54) is 12.1 Å². The summed E-state index contributed by atoms with van der Waals surface area (Å²) in [4.78, 5) is 0. The highest BCUT2D eigenvalue weighted by atomic mass is 19.1. The van der Waals surface area contributed by atoms with Crippen LogP contribution in [-0.4, -0.2) is 11.2 Å². The van der Waals surface area contributed by atoms with Crippen molar-refractivity contribution in [1.29, 1.82) is 0 Å². The molecule has 3 N–H and O–H groups in total. The molecular formula is C13H19F2NO. The smallest absolute Gasteiger partial charge is 0.133 e. The molecule has 0 saturated heterocycles. The Balaban J connectivity index is 2.95. The van der Waals surface area contributed by atoms with Gasteiger partial charge in [-0.05, 0) is 25.0 Å². The van der Waals surface area contributed by atoms with E-state index in [1.54, 1.807) is 6.92 Å². The van der Waals surface area contributed by atoms with E-state index in [4.69, 9.17) is 5.73 Å². The van der Waals surface area contributed by atoms with E-state index in [1.807, 2.05) is 6.92 Å². The molecular weight excluding hydrogens is 224 g/mol. The van der Waals surface area contributed by atoms with Crippen molar-refractivity contribution >= 4 is 0 Å². The number of aryl methyl sites for hydroxylation is 1. The van der Waals surface area contributed by atoms with Gasteiger partial charge in [0.15, 0.2) is 0 Å². The Bertz CT molecular complexity index is 382. The van der Waals surface area contributed by atoms with Crippen LogP contribution in [0.2, 0.25) is 0 Å². The van der Waals surface area contributed by atoms with Gasteiger partial charge in [0.2, 0.25) is 0 Å². The molecule has 0 fully saturated rings. The molecule has 0 aliphatic carbocycles. The second kappa shape index (κ2) is 6.07. The summed E-state index contributed by atoms with van der Waals surface area (Å²) in [6.07, 6.45) is 1.22. The number of hydrogen-bond acceptors (Lipinski definition) is 2. The van der Waals surface area contributed by atoms with Crippen LogP contribution in [0.4, 0.5) is 8.78 Å². The highest BCUT2D eigenvalue weighted by Gasteiger charge is 2.24. The molecule has 96 valence electrons. The van der Waals surface area contributed by atoms with Crippen LogP contribution in [0.25, 0.3) is 0 Å². The summed E-state index contributed by atoms with van der Waals surface area (Å²) in [5.74, 6) is -1.36. The molecule has 1 aromatic carbocycles. The molecule has 17 heavy (non-hydrogen) atoms. The molecule has 0 heterocycles. The Morgan fingerprint density at radius 2 is 2.00 bits per heavy atom. The predicted molar refractivity (Wildman–Crippen MR) is 63.6 cm³/mol. The van der Waals surface area contributed by atoms with Gasteiger partial charge < -0.3 is 10.8 Å². The molecule has 0 aromatic heterocycles. The van der Waals surface area contributed by atoms with E-state index in [-0.39, 0.29) is 5.56 Å². The number of unbranched alkanes of at least 4 members (excludes halogenated alkanes) is 1. The topological polar surface area (TPSA) is 46.2 Å². The summed E-state index contributed by atoms with van der Waals surface area (Å²) in [5, 5.41) is 9.78. The van der Waals surface area contributed by atoms with Crippen molar-refractivity contribution in [2.45, 2.75) is 45.3 Å². The Morgan fingerprint density at radius 3 is 2.59 bits per heavy atom. The molecule has 2 nitrogen and oxygen atoms in total. The minimum absolute atomic E-state index is 0.214. The maximum Gasteiger partial charge on any atom is 0.133 e. The fourth-order valence-corrected chi connectivity index (χ4v) is 1.77. The second-order valence-corrected chi connectivity index (χ2v) is 4.33. The van der Waals surface area contributed by atoms with Crippen LogP contribution in [0.15, 0.2) is 12.1 Å². The molecule has 0 aliphatic rings. The lowest BCUT2D eigenvalue weighted by Gasteiger charge is -2.20. The van der Waals surface area contributed by atoms with Crippen molar-refractivity contribution in [2.24, 2.45) is 5.73 Å². The first kappa shape index (κ1) is 14.1. The number of hydrogen-bond donors (Lipinski definition) is 2. The minimum Gasteiger partial charge on any atom is -0.391 e. The summed E-state index contributed by atoms with van der Waals surface area (Å²) in [7, 11) is 0. The molecule has 0 aliphatic heterocycles. The van der Waals surface area contributed by atoms with Gasteiger partial charge in [-0.1, -0.05) is 25.8 Å². The van der Waals surface area contributed by atoms with Crippen LogP contribution < -0.4 is 5.73 Å². The quantitative estimate of drug-likeness (QED) is 0.835. The number of benzene rings is 1. The highest BCUT2D eigenvalue weighted by molar-refractivity contribution is 5.29. The molecule has 2 atom stereocenters. The first-order valence-electron chi connectivity index (χ1n) is 5.87. The van der Waals surface area contributed by atoms with Gasteiger partial charge in [-0.2, -0.15) is 0 Å². The van der Waals surface area contributed by atoms with Crippen molar-refractivity contribution in [3.8, 4) is 0 Å². The lowest BCUT2D eigenvalue weighted by molar-refractivity contribution is 0.129. The Labute approximate surface area is 100 Å². The van der Waals surface area contributed by atoms with Crippen LogP contribution >= 0.6 is 0 Å². The largest absolute Gasteiger partial charge is 0.391 e. The van der Waals surface area contributed by atoms with E-state index in [9.17, 15) is 13.9 Å². The summed E-state index contributed by atoms with van der Waals surface area (Å²) < 4.78 is 27.3. The molecule has 0 radical (unpaired) electrons. The van der Waals surface area contributed by atoms with Gasteiger partial charge in [0.05, 0.1) is 12.1 Å². The molecule has 0 bridgehead atoms. The van der Waals surface area contributed by atoms with Crippen molar-refractivity contribution in [3.05, 3.63) is 34.9 Å². The zero-order valence-corrected chi connectivity index (χ0v) is 10.2. The van der Waals surface area contributed by atoms with Gasteiger partial charge in [-0.25, -0.2) is 8.78 Å². The molecule has 0 spiro atoms. The zero-order chi connectivity index (χ0) is 13.0. The SMILES string of the molecule is CCCC[C@@H](O)[C@@H](N)c1c(F)ccc(C)c1F. The first-order valence-corrected chi connectivity index (χ1v) is 5.87. The first-order chi connectivity index (χ1) is 7.99. The van der Waals surface area contributed by atoms with Crippen molar-refractivity contribution in [1.82, 2.24) is 0 Å². The Kier molecular flexibility index (Phi) is 5.02. The summed E-state index contributed by atoms with van der Waals surface area (Å²) in [5.41, 5.74) is 5.84. The number of nitrogens with two attached hydrogens (primary N) is 1. The number of rotatable bonds is 5. The van der Waals surface area contributed by atoms with E-state index >= 15 is 0 Å². The van der Waals surface area contributed by atoms with E-state index in [0.29, 0.717) is 12.0 Å². The van der Waals surface area contributed by atoms with E-state index in [2.05, 4.69) is 0 Å². The zero-order valence-electron chi connectivity index (χ0n) is 10.2. The van der Waals surface area contributed by atoms with E-state index in [0.717, 1.165) is 12.8 Å². The third kappa shape index (κ3) is 3.23. The van der Waals surface area contributed by atoms with Crippen LogP contribution in [0, 0.1) is 18.6 Å². The van der Waals surface area contributed by atoms with Gasteiger partial charge in [0.1, 0.15) is 11.6 Å². The standard InChI is InChI=1S/C13H19F2NO/c1-3-4-5-10(17)13(16)11-9(14)7-6-8(2)12(11)15/h6-7,10,13,17H,3-5,16H2,1-2H3/t10-,13-/m1/s1. The molecule has 0 unspecified atom stereocenters. The minimum atomic E-state index is -1.01. The molecule has 0 amide bonds. The summed E-state index contributed by atoms with van der Waals surface area (Å²) >= 11 is 0. The van der Waals surface area contributed by atoms with Crippen molar-refractivity contribution < 1.29 is 13.9 Å². The average Bonchev–Trinajstić information content (AvgIpc) is 2.31. The average molecular weight is 243 g/mol. The number of aliphatic hydroxyl groups is 1. The third-order valence-electron chi connectivity index (χ3n) is 2.92. The lowest BCUT2D eigenvalue weighted by Crippen LogP contribution is -2.28. The molecule has 0 saturated carbocycles. The van der Waals surface area contributed by atoms with Gasteiger partial charge in [0, 0.05) is 5.56 Å². The maximum absolute atomic E-state index is 13.8. The highest BCUT2D eigenvalue weighted by Crippen LogP contribution is 2.25. The number of aliphatic hydroxyl groups excluding tert-OH is 1. The summed E-state index contributed by atoms with van der Waals surface area (Å²) in [6, 6.07) is 1.53. The van der Waals surface area contributed by atoms with Crippen molar-refractivity contribution in [2.75, 3.05) is 0 Å². The fourth-order valence-electron chi connectivity index (χ4n) is 1.77. The van der Waals surface area contributed by atoms with Gasteiger partial charge in [-0.3, -0.25) is 0 Å². The normalized spacial score (nSPS) is 14.7. The van der Waals surface area contributed by atoms with E-state index < -0.39 is 23.8 Å². The molecule has 1 rings (SSSR count).